The van der Waals surface area contributed by atoms with Crippen LogP contribution in [0.5, 0.6) is 11.5 Å². The minimum absolute atomic E-state index is 0.536. The smallest absolute Gasteiger partial charge is 0.162 e. The molecular formula is C15H21NO3. The summed E-state index contributed by atoms with van der Waals surface area (Å²) in [5, 5.41) is 0. The van der Waals surface area contributed by atoms with Crippen LogP contribution in [0.15, 0.2) is 18.2 Å². The van der Waals surface area contributed by atoms with E-state index in [1.807, 2.05) is 0 Å². The van der Waals surface area contributed by atoms with Crippen LogP contribution < -0.4 is 15.2 Å². The number of fused-ring (bicyclic) bond motifs is 1. The maximum atomic E-state index is 10.4. The van der Waals surface area contributed by atoms with Gasteiger partial charge in [-0.15, -0.1) is 0 Å². The highest BCUT2D eigenvalue weighted by molar-refractivity contribution is 5.76. The first-order valence-corrected chi connectivity index (χ1v) is 6.90. The lowest BCUT2D eigenvalue weighted by Crippen LogP contribution is -2.22. The van der Waals surface area contributed by atoms with Crippen molar-refractivity contribution in [1.29, 1.82) is 0 Å². The van der Waals surface area contributed by atoms with E-state index in [-0.39, 0.29) is 0 Å². The number of nitrogens with two attached hydrogens (primary N) is 1. The van der Waals surface area contributed by atoms with Crippen LogP contribution in [0, 0.1) is 0 Å². The van der Waals surface area contributed by atoms with E-state index >= 15 is 0 Å². The van der Waals surface area contributed by atoms with Gasteiger partial charge >= 0.3 is 0 Å². The van der Waals surface area contributed by atoms with Crippen molar-refractivity contribution in [2.75, 3.05) is 13.2 Å². The van der Waals surface area contributed by atoms with Crippen LogP contribution in [0.4, 0.5) is 0 Å². The van der Waals surface area contributed by atoms with Gasteiger partial charge in [-0.1, -0.05) is 19.3 Å². The second-order valence-electron chi connectivity index (χ2n) is 4.92. The van der Waals surface area contributed by atoms with Crippen LogP contribution >= 0.6 is 0 Å². The zero-order chi connectivity index (χ0) is 13.5. The minimum atomic E-state index is 0.536. The minimum Gasteiger partial charge on any atom is -0.486 e. The normalized spacial score (nSPS) is 18.2. The molecule has 1 aliphatic carbocycles. The Balaban J connectivity index is 0.000000163. The maximum Gasteiger partial charge on any atom is 0.162 e. The summed E-state index contributed by atoms with van der Waals surface area (Å²) >= 11 is 0. The van der Waals surface area contributed by atoms with E-state index in [0.717, 1.165) is 6.29 Å². The molecule has 2 aliphatic rings. The van der Waals surface area contributed by atoms with Crippen LogP contribution in [0.25, 0.3) is 0 Å². The zero-order valence-corrected chi connectivity index (χ0v) is 11.1. The predicted molar refractivity (Wildman–Crippen MR) is 73.9 cm³/mol. The summed E-state index contributed by atoms with van der Waals surface area (Å²) < 4.78 is 10.6. The third-order valence-electron chi connectivity index (χ3n) is 3.35. The van der Waals surface area contributed by atoms with Crippen LogP contribution in [0.2, 0.25) is 0 Å². The van der Waals surface area contributed by atoms with Crippen LogP contribution in [-0.2, 0) is 0 Å². The second-order valence-corrected chi connectivity index (χ2v) is 4.92. The fourth-order valence-electron chi connectivity index (χ4n) is 2.27. The number of ether oxygens (including phenoxy) is 2. The molecule has 1 aromatic rings. The van der Waals surface area contributed by atoms with Crippen molar-refractivity contribution >= 4 is 6.29 Å². The van der Waals surface area contributed by atoms with E-state index in [0.29, 0.717) is 36.3 Å². The Bertz CT molecular complexity index is 414. The molecule has 1 heterocycles. The number of hydrogen-bond donors (Lipinski definition) is 1. The Kier molecular flexibility index (Phi) is 5.21. The van der Waals surface area contributed by atoms with Gasteiger partial charge in [0.15, 0.2) is 11.5 Å². The highest BCUT2D eigenvalue weighted by atomic mass is 16.6. The molecule has 0 aromatic heterocycles. The third-order valence-corrected chi connectivity index (χ3v) is 3.35. The summed E-state index contributed by atoms with van der Waals surface area (Å²) in [5.41, 5.74) is 6.25. The molecule has 0 amide bonds. The summed E-state index contributed by atoms with van der Waals surface area (Å²) in [5.74, 6) is 1.37. The molecule has 1 aromatic carbocycles. The molecule has 3 rings (SSSR count). The summed E-state index contributed by atoms with van der Waals surface area (Å²) in [7, 11) is 0. The lowest BCUT2D eigenvalue weighted by Gasteiger charge is -2.17. The fourth-order valence-corrected chi connectivity index (χ4v) is 2.27. The largest absolute Gasteiger partial charge is 0.486 e. The Labute approximate surface area is 113 Å². The first-order chi connectivity index (χ1) is 9.29. The first kappa shape index (κ1) is 13.9. The van der Waals surface area contributed by atoms with Crippen LogP contribution in [0.1, 0.15) is 42.5 Å². The standard InChI is InChI=1S/C9H8O3.C6H13N/c10-6-7-1-2-8-9(5-7)12-4-3-11-8;7-6-4-2-1-3-5-6/h1-2,5-6H,3-4H2;6H,1-5,7H2. The second kappa shape index (κ2) is 7.14. The lowest BCUT2D eigenvalue weighted by molar-refractivity contribution is 0.112. The van der Waals surface area contributed by atoms with Crippen LogP contribution in [0.3, 0.4) is 0 Å². The summed E-state index contributed by atoms with van der Waals surface area (Å²) in [6, 6.07) is 5.68. The van der Waals surface area contributed by atoms with Gasteiger partial charge in [0, 0.05) is 11.6 Å². The molecule has 0 unspecified atom stereocenters. The quantitative estimate of drug-likeness (QED) is 0.791. The Morgan fingerprint density at radius 3 is 2.32 bits per heavy atom. The molecule has 4 nitrogen and oxygen atoms in total. The van der Waals surface area contributed by atoms with Gasteiger partial charge in [-0.25, -0.2) is 0 Å². The topological polar surface area (TPSA) is 61.6 Å². The highest BCUT2D eigenvalue weighted by Crippen LogP contribution is 2.30. The number of hydrogen-bond acceptors (Lipinski definition) is 4. The van der Waals surface area contributed by atoms with E-state index in [1.165, 1.54) is 32.1 Å². The molecule has 0 saturated heterocycles. The van der Waals surface area contributed by atoms with E-state index in [1.54, 1.807) is 18.2 Å². The van der Waals surface area contributed by atoms with Gasteiger partial charge in [0.1, 0.15) is 19.5 Å². The molecule has 1 fully saturated rings. The van der Waals surface area contributed by atoms with Gasteiger partial charge in [0.25, 0.3) is 0 Å². The number of carbonyl (C=O) groups is 1. The Morgan fingerprint density at radius 1 is 1.05 bits per heavy atom. The molecule has 4 heteroatoms. The zero-order valence-electron chi connectivity index (χ0n) is 11.1. The van der Waals surface area contributed by atoms with Crippen molar-refractivity contribution in [1.82, 2.24) is 0 Å². The van der Waals surface area contributed by atoms with Crippen molar-refractivity contribution in [2.24, 2.45) is 5.73 Å². The number of rotatable bonds is 1. The molecule has 0 atom stereocenters. The van der Waals surface area contributed by atoms with Crippen molar-refractivity contribution in [3.8, 4) is 11.5 Å². The van der Waals surface area contributed by atoms with Crippen molar-refractivity contribution in [3.63, 3.8) is 0 Å². The number of benzene rings is 1. The molecule has 2 N–H and O–H groups in total. The molecule has 1 saturated carbocycles. The lowest BCUT2D eigenvalue weighted by atomic mass is 9.97. The molecule has 1 aliphatic heterocycles. The van der Waals surface area contributed by atoms with Crippen molar-refractivity contribution in [2.45, 2.75) is 38.1 Å². The molecule has 0 bridgehead atoms. The van der Waals surface area contributed by atoms with Crippen molar-refractivity contribution < 1.29 is 14.3 Å². The summed E-state index contributed by atoms with van der Waals surface area (Å²) in [6.07, 6.45) is 7.45. The van der Waals surface area contributed by atoms with Gasteiger partial charge < -0.3 is 15.2 Å². The molecule has 104 valence electrons. The monoisotopic (exact) mass is 263 g/mol. The van der Waals surface area contributed by atoms with Gasteiger partial charge in [-0.05, 0) is 31.0 Å². The summed E-state index contributed by atoms with van der Waals surface area (Å²) in [6.45, 7) is 1.13. The predicted octanol–water partition coefficient (Wildman–Crippen LogP) is 2.55. The SMILES string of the molecule is NC1CCCCC1.O=Cc1ccc2c(c1)OCCO2. The average Bonchev–Trinajstić information content (AvgIpc) is 2.48. The number of carbonyl (C=O) groups excluding carboxylic acids is 1. The van der Waals surface area contributed by atoms with Crippen molar-refractivity contribution in [3.05, 3.63) is 23.8 Å². The maximum absolute atomic E-state index is 10.4. The summed E-state index contributed by atoms with van der Waals surface area (Å²) in [4.78, 5) is 10.4. The van der Waals surface area contributed by atoms with Gasteiger partial charge in [0.2, 0.25) is 0 Å². The average molecular weight is 263 g/mol. The van der Waals surface area contributed by atoms with E-state index in [2.05, 4.69) is 0 Å². The number of aldehydes is 1. The molecular weight excluding hydrogens is 242 g/mol. The highest BCUT2D eigenvalue weighted by Gasteiger charge is 2.10. The van der Waals surface area contributed by atoms with E-state index in [9.17, 15) is 4.79 Å². The van der Waals surface area contributed by atoms with E-state index in [4.69, 9.17) is 15.2 Å². The van der Waals surface area contributed by atoms with Crippen LogP contribution in [-0.4, -0.2) is 25.5 Å². The molecule has 0 radical (unpaired) electrons. The third kappa shape index (κ3) is 4.24. The van der Waals surface area contributed by atoms with Gasteiger partial charge in [-0.2, -0.15) is 0 Å². The van der Waals surface area contributed by atoms with Gasteiger partial charge in [-0.3, -0.25) is 4.79 Å². The first-order valence-electron chi connectivity index (χ1n) is 6.90. The van der Waals surface area contributed by atoms with Gasteiger partial charge in [0.05, 0.1) is 0 Å². The Morgan fingerprint density at radius 2 is 1.74 bits per heavy atom. The van der Waals surface area contributed by atoms with E-state index < -0.39 is 0 Å². The molecule has 19 heavy (non-hydrogen) atoms. The fraction of sp³-hybridized carbons (Fsp3) is 0.533. The molecule has 0 spiro atoms. The Hall–Kier alpha value is -1.55.